The van der Waals surface area contributed by atoms with Gasteiger partial charge in [0, 0.05) is 5.56 Å². The number of carbonyl (C=O) groups excluding carboxylic acids is 1. The van der Waals surface area contributed by atoms with Gasteiger partial charge in [-0.25, -0.2) is 4.79 Å². The second kappa shape index (κ2) is 3.73. The summed E-state index contributed by atoms with van der Waals surface area (Å²) in [6.07, 6.45) is 0. The molecule has 2 rings (SSSR count). The van der Waals surface area contributed by atoms with E-state index in [4.69, 9.17) is 4.74 Å². The Balaban J connectivity index is 2.45. The van der Waals surface area contributed by atoms with Crippen molar-refractivity contribution in [1.29, 1.82) is 0 Å². The minimum Gasteiger partial charge on any atom is -0.496 e. The summed E-state index contributed by atoms with van der Waals surface area (Å²) in [4.78, 5) is 16.1. The highest BCUT2D eigenvalue weighted by Gasteiger charge is 2.33. The number of rotatable bonds is 2. The summed E-state index contributed by atoms with van der Waals surface area (Å²) < 4.78 is 5.19. The molecule has 1 aromatic rings. The lowest BCUT2D eigenvalue weighted by atomic mass is 9.95. The lowest BCUT2D eigenvalue weighted by molar-refractivity contribution is -0.141. The van der Waals surface area contributed by atoms with Crippen LogP contribution >= 0.6 is 0 Å². The van der Waals surface area contributed by atoms with Crippen LogP contribution in [0.3, 0.4) is 0 Å². The molecule has 0 saturated carbocycles. The minimum absolute atomic E-state index is 0.350. The summed E-state index contributed by atoms with van der Waals surface area (Å²) in [5.41, 5.74) is 1.45. The van der Waals surface area contributed by atoms with Crippen LogP contribution in [-0.4, -0.2) is 18.8 Å². The molecule has 0 unspecified atom stereocenters. The van der Waals surface area contributed by atoms with Crippen LogP contribution in [0.1, 0.15) is 18.4 Å². The molecule has 15 heavy (non-hydrogen) atoms. The number of nitrogens with zero attached hydrogens (tertiary/aromatic N) is 1. The maximum absolute atomic E-state index is 11.5. The largest absolute Gasteiger partial charge is 0.496 e. The van der Waals surface area contributed by atoms with E-state index in [0.717, 1.165) is 5.56 Å². The Morgan fingerprint density at radius 3 is 2.73 bits per heavy atom. The lowest BCUT2D eigenvalue weighted by Crippen LogP contribution is -2.14. The molecule has 0 amide bonds. The fourth-order valence-electron chi connectivity index (χ4n) is 1.65. The fourth-order valence-corrected chi connectivity index (χ4v) is 1.65. The van der Waals surface area contributed by atoms with Gasteiger partial charge in [-0.05, 0) is 13.0 Å². The molecule has 0 radical (unpaired) electrons. The number of benzene rings is 1. The molecular weight excluding hydrogens is 194 g/mol. The first-order valence-corrected chi connectivity index (χ1v) is 4.62. The van der Waals surface area contributed by atoms with Gasteiger partial charge >= 0.3 is 5.97 Å². The van der Waals surface area contributed by atoms with Crippen molar-refractivity contribution in [3.05, 3.63) is 29.8 Å². The molecule has 4 nitrogen and oxygen atoms in total. The van der Waals surface area contributed by atoms with Crippen LogP contribution in [0.25, 0.3) is 0 Å². The van der Waals surface area contributed by atoms with Gasteiger partial charge in [-0.1, -0.05) is 23.4 Å². The number of methoxy groups -OCH3 is 1. The van der Waals surface area contributed by atoms with Crippen molar-refractivity contribution in [2.45, 2.75) is 12.8 Å². The first-order valence-electron chi connectivity index (χ1n) is 4.62. The number of hydrogen-bond donors (Lipinski definition) is 0. The maximum Gasteiger partial charge on any atom is 0.348 e. The second-order valence-electron chi connectivity index (χ2n) is 3.32. The zero-order chi connectivity index (χ0) is 10.8. The molecule has 4 heteroatoms. The molecule has 1 aliphatic rings. The summed E-state index contributed by atoms with van der Waals surface area (Å²) in [6, 6.07) is 7.37. The monoisotopic (exact) mass is 205 g/mol. The van der Waals surface area contributed by atoms with Crippen LogP contribution in [0.15, 0.2) is 29.4 Å². The maximum atomic E-state index is 11.5. The van der Waals surface area contributed by atoms with Crippen molar-refractivity contribution in [2.24, 2.45) is 5.16 Å². The third-order valence-corrected chi connectivity index (χ3v) is 2.38. The van der Waals surface area contributed by atoms with Crippen molar-refractivity contribution in [3.63, 3.8) is 0 Å². The van der Waals surface area contributed by atoms with Crippen molar-refractivity contribution >= 4 is 11.7 Å². The molecular formula is C11H11NO3. The Bertz CT molecular complexity index is 426. The van der Waals surface area contributed by atoms with Crippen molar-refractivity contribution in [2.75, 3.05) is 7.11 Å². The van der Waals surface area contributed by atoms with E-state index in [1.54, 1.807) is 14.0 Å². The molecule has 0 saturated heterocycles. The summed E-state index contributed by atoms with van der Waals surface area (Å²) in [5.74, 6) is -0.103. The van der Waals surface area contributed by atoms with Gasteiger partial charge in [-0.2, -0.15) is 0 Å². The summed E-state index contributed by atoms with van der Waals surface area (Å²) in [6.45, 7) is 1.77. The minimum atomic E-state index is -0.429. The smallest absolute Gasteiger partial charge is 0.348 e. The van der Waals surface area contributed by atoms with Crippen LogP contribution in [0.5, 0.6) is 5.75 Å². The Labute approximate surface area is 87.5 Å². The Kier molecular flexibility index (Phi) is 2.41. The van der Waals surface area contributed by atoms with Gasteiger partial charge < -0.3 is 9.57 Å². The molecule has 1 aliphatic heterocycles. The molecule has 0 bridgehead atoms. The van der Waals surface area contributed by atoms with E-state index in [1.165, 1.54) is 0 Å². The van der Waals surface area contributed by atoms with E-state index in [-0.39, 0.29) is 5.97 Å². The highest BCUT2D eigenvalue weighted by atomic mass is 16.7. The topological polar surface area (TPSA) is 47.9 Å². The van der Waals surface area contributed by atoms with Crippen molar-refractivity contribution in [3.8, 4) is 5.75 Å². The first-order chi connectivity index (χ1) is 7.24. The Morgan fingerprint density at radius 1 is 1.40 bits per heavy atom. The van der Waals surface area contributed by atoms with E-state index in [9.17, 15) is 4.79 Å². The summed E-state index contributed by atoms with van der Waals surface area (Å²) in [5, 5.41) is 3.66. The molecule has 1 aromatic carbocycles. The number of carbonyl (C=O) groups is 1. The van der Waals surface area contributed by atoms with Crippen LogP contribution in [0.4, 0.5) is 0 Å². The Hall–Kier alpha value is -1.84. The molecule has 0 N–H and O–H groups in total. The number of oxime groups is 1. The molecule has 1 atom stereocenters. The predicted octanol–water partition coefficient (Wildman–Crippen LogP) is 1.71. The third kappa shape index (κ3) is 1.58. The van der Waals surface area contributed by atoms with Crippen LogP contribution in [0.2, 0.25) is 0 Å². The van der Waals surface area contributed by atoms with E-state index in [1.807, 2.05) is 24.3 Å². The normalized spacial score (nSPS) is 19.7. The van der Waals surface area contributed by atoms with Crippen molar-refractivity contribution in [1.82, 2.24) is 0 Å². The van der Waals surface area contributed by atoms with E-state index in [2.05, 4.69) is 9.99 Å². The molecule has 78 valence electrons. The van der Waals surface area contributed by atoms with Gasteiger partial charge in [0.1, 0.15) is 11.7 Å². The van der Waals surface area contributed by atoms with E-state index < -0.39 is 5.92 Å². The van der Waals surface area contributed by atoms with Gasteiger partial charge in [0.05, 0.1) is 12.8 Å². The fraction of sp³-hybridized carbons (Fsp3) is 0.273. The lowest BCUT2D eigenvalue weighted by Gasteiger charge is -2.11. The predicted molar refractivity (Wildman–Crippen MR) is 54.9 cm³/mol. The van der Waals surface area contributed by atoms with Crippen LogP contribution in [0, 0.1) is 0 Å². The van der Waals surface area contributed by atoms with Gasteiger partial charge in [0.15, 0.2) is 0 Å². The SMILES string of the molecule is COc1ccccc1[C@@H]1C(=O)ON=C1C. The third-order valence-electron chi connectivity index (χ3n) is 2.38. The van der Waals surface area contributed by atoms with E-state index in [0.29, 0.717) is 11.5 Å². The molecule has 0 aromatic heterocycles. The zero-order valence-electron chi connectivity index (χ0n) is 8.56. The van der Waals surface area contributed by atoms with Crippen LogP contribution < -0.4 is 4.74 Å². The molecule has 0 spiro atoms. The van der Waals surface area contributed by atoms with Gasteiger partial charge in [0.25, 0.3) is 0 Å². The number of hydrogen-bond acceptors (Lipinski definition) is 4. The first kappa shape index (κ1) is 9.71. The summed E-state index contributed by atoms with van der Waals surface area (Å²) >= 11 is 0. The standard InChI is InChI=1S/C11H11NO3/c1-7-10(11(13)15-12-7)8-5-3-4-6-9(8)14-2/h3-6,10H,1-2H3/t10-/m1/s1. The quantitative estimate of drug-likeness (QED) is 0.690. The van der Waals surface area contributed by atoms with Gasteiger partial charge in [-0.15, -0.1) is 0 Å². The zero-order valence-corrected chi connectivity index (χ0v) is 8.56. The average molecular weight is 205 g/mol. The van der Waals surface area contributed by atoms with Crippen molar-refractivity contribution < 1.29 is 14.4 Å². The highest BCUT2D eigenvalue weighted by Crippen LogP contribution is 2.31. The van der Waals surface area contributed by atoms with Gasteiger partial charge in [-0.3, -0.25) is 0 Å². The highest BCUT2D eigenvalue weighted by molar-refractivity contribution is 6.09. The van der Waals surface area contributed by atoms with E-state index >= 15 is 0 Å². The van der Waals surface area contributed by atoms with Crippen LogP contribution in [-0.2, 0) is 9.63 Å². The second-order valence-corrected chi connectivity index (χ2v) is 3.32. The number of para-hydroxylation sites is 1. The van der Waals surface area contributed by atoms with Gasteiger partial charge in [0.2, 0.25) is 0 Å². The number of ether oxygens (including phenoxy) is 1. The molecule has 1 heterocycles. The average Bonchev–Trinajstić information content (AvgIpc) is 2.59. The Morgan fingerprint density at radius 2 is 2.13 bits per heavy atom. The summed E-state index contributed by atoms with van der Waals surface area (Å²) in [7, 11) is 1.57. The molecule has 0 aliphatic carbocycles. The molecule has 0 fully saturated rings.